The molecule has 1 aromatic rings. The third-order valence-electron chi connectivity index (χ3n) is 4.02. The van der Waals surface area contributed by atoms with Gasteiger partial charge in [0.1, 0.15) is 0 Å². The van der Waals surface area contributed by atoms with Crippen molar-refractivity contribution in [3.63, 3.8) is 0 Å². The lowest BCUT2D eigenvalue weighted by Gasteiger charge is -2.22. The summed E-state index contributed by atoms with van der Waals surface area (Å²) in [5, 5.41) is 8.02. The molecule has 0 radical (unpaired) electrons. The van der Waals surface area contributed by atoms with Crippen molar-refractivity contribution >= 4 is 0 Å². The van der Waals surface area contributed by atoms with Gasteiger partial charge in [0.25, 0.3) is 0 Å². The van der Waals surface area contributed by atoms with E-state index in [-0.39, 0.29) is 6.04 Å². The van der Waals surface area contributed by atoms with Gasteiger partial charge in [0.2, 0.25) is 0 Å². The Morgan fingerprint density at radius 3 is 2.89 bits per heavy atom. The van der Waals surface area contributed by atoms with Crippen LogP contribution in [0.15, 0.2) is 12.4 Å². The highest BCUT2D eigenvalue weighted by Gasteiger charge is 2.32. The minimum absolute atomic E-state index is 0.240. The van der Waals surface area contributed by atoms with Gasteiger partial charge in [-0.15, -0.1) is 0 Å². The van der Waals surface area contributed by atoms with Gasteiger partial charge in [-0.1, -0.05) is 13.8 Å². The minimum atomic E-state index is 0.240. The molecule has 0 bridgehead atoms. The molecule has 1 aliphatic carbocycles. The minimum Gasteiger partial charge on any atom is -0.329 e. The van der Waals surface area contributed by atoms with Crippen molar-refractivity contribution in [1.29, 1.82) is 0 Å². The fourth-order valence-corrected chi connectivity index (χ4v) is 2.90. The second-order valence-electron chi connectivity index (χ2n) is 6.19. The van der Waals surface area contributed by atoms with E-state index in [1.165, 1.54) is 24.8 Å². The summed E-state index contributed by atoms with van der Waals surface area (Å²) in [6.45, 7) is 8.34. The van der Waals surface area contributed by atoms with Crippen LogP contribution in [0, 0.1) is 5.41 Å². The Labute approximate surface area is 110 Å². The van der Waals surface area contributed by atoms with E-state index in [1.807, 2.05) is 10.9 Å². The van der Waals surface area contributed by atoms with E-state index in [0.717, 1.165) is 6.54 Å². The van der Waals surface area contributed by atoms with E-state index < -0.39 is 0 Å². The van der Waals surface area contributed by atoms with Crippen molar-refractivity contribution in [3.8, 4) is 0 Å². The zero-order valence-corrected chi connectivity index (χ0v) is 11.8. The van der Waals surface area contributed by atoms with Gasteiger partial charge in [-0.25, -0.2) is 0 Å². The van der Waals surface area contributed by atoms with Crippen LogP contribution in [0.1, 0.15) is 51.6 Å². The number of nitrogens with one attached hydrogen (secondary N) is 1. The van der Waals surface area contributed by atoms with E-state index in [9.17, 15) is 0 Å². The van der Waals surface area contributed by atoms with Crippen molar-refractivity contribution in [3.05, 3.63) is 18.0 Å². The number of aryl methyl sites for hydroxylation is 1. The molecule has 102 valence electrons. The molecule has 1 heterocycles. The first-order chi connectivity index (χ1) is 8.54. The van der Waals surface area contributed by atoms with Crippen LogP contribution in [0.3, 0.4) is 0 Å². The maximum absolute atomic E-state index is 5.90. The molecule has 2 rings (SSSR count). The molecule has 1 aliphatic rings. The first-order valence-electron chi connectivity index (χ1n) is 7.02. The van der Waals surface area contributed by atoms with Gasteiger partial charge in [0, 0.05) is 36.9 Å². The number of hydrogen-bond donors (Lipinski definition) is 2. The Morgan fingerprint density at radius 1 is 1.61 bits per heavy atom. The van der Waals surface area contributed by atoms with Crippen LogP contribution in [-0.4, -0.2) is 22.4 Å². The quantitative estimate of drug-likeness (QED) is 0.841. The summed E-state index contributed by atoms with van der Waals surface area (Å²) in [4.78, 5) is 0. The van der Waals surface area contributed by atoms with Crippen LogP contribution < -0.4 is 11.1 Å². The molecule has 0 aromatic carbocycles. The molecule has 2 unspecified atom stereocenters. The average Bonchev–Trinajstić information content (AvgIpc) is 2.92. The van der Waals surface area contributed by atoms with E-state index in [0.29, 0.717) is 18.0 Å². The van der Waals surface area contributed by atoms with Crippen molar-refractivity contribution in [2.75, 3.05) is 6.54 Å². The fourth-order valence-electron chi connectivity index (χ4n) is 2.90. The van der Waals surface area contributed by atoms with Crippen LogP contribution in [0.4, 0.5) is 0 Å². The summed E-state index contributed by atoms with van der Waals surface area (Å²) >= 11 is 0. The topological polar surface area (TPSA) is 55.9 Å². The van der Waals surface area contributed by atoms with Gasteiger partial charge in [-0.05, 0) is 31.6 Å². The van der Waals surface area contributed by atoms with Gasteiger partial charge in [0.05, 0.1) is 6.20 Å². The highest BCUT2D eigenvalue weighted by Crippen LogP contribution is 2.37. The first-order valence-corrected chi connectivity index (χ1v) is 7.02. The lowest BCUT2D eigenvalue weighted by atomic mass is 9.91. The monoisotopic (exact) mass is 250 g/mol. The standard InChI is InChI=1S/C14H26N4/c1-4-18-10-11(9-16-18)13(8-15)17-12-5-6-14(2,3)7-12/h9-10,12-13,17H,4-8,15H2,1-3H3. The van der Waals surface area contributed by atoms with Crippen LogP contribution in [0.25, 0.3) is 0 Å². The Bertz CT molecular complexity index is 383. The second-order valence-corrected chi connectivity index (χ2v) is 6.19. The van der Waals surface area contributed by atoms with Crippen molar-refractivity contribution < 1.29 is 0 Å². The third kappa shape index (κ3) is 3.12. The van der Waals surface area contributed by atoms with E-state index in [2.05, 4.69) is 37.4 Å². The predicted octanol–water partition coefficient (Wildman–Crippen LogP) is 2.07. The molecule has 0 amide bonds. The number of nitrogens with zero attached hydrogens (tertiary/aromatic N) is 2. The molecule has 4 nitrogen and oxygen atoms in total. The second kappa shape index (κ2) is 5.41. The normalized spacial score (nSPS) is 24.3. The maximum Gasteiger partial charge on any atom is 0.0538 e. The summed E-state index contributed by atoms with van der Waals surface area (Å²) in [7, 11) is 0. The van der Waals surface area contributed by atoms with E-state index in [1.54, 1.807) is 0 Å². The summed E-state index contributed by atoms with van der Waals surface area (Å²) in [5.74, 6) is 0. The zero-order valence-electron chi connectivity index (χ0n) is 11.8. The Kier molecular flexibility index (Phi) is 4.07. The average molecular weight is 250 g/mol. The highest BCUT2D eigenvalue weighted by molar-refractivity contribution is 5.11. The van der Waals surface area contributed by atoms with Gasteiger partial charge in [-0.2, -0.15) is 5.10 Å². The third-order valence-corrected chi connectivity index (χ3v) is 4.02. The molecule has 2 atom stereocenters. The van der Waals surface area contributed by atoms with Crippen molar-refractivity contribution in [1.82, 2.24) is 15.1 Å². The molecular formula is C14H26N4. The molecule has 0 spiro atoms. The largest absolute Gasteiger partial charge is 0.329 e. The number of rotatable bonds is 5. The molecule has 1 fully saturated rings. The van der Waals surface area contributed by atoms with Crippen molar-refractivity contribution in [2.45, 2.75) is 58.7 Å². The highest BCUT2D eigenvalue weighted by atomic mass is 15.3. The van der Waals surface area contributed by atoms with Crippen LogP contribution in [0.5, 0.6) is 0 Å². The number of hydrogen-bond acceptors (Lipinski definition) is 3. The fraction of sp³-hybridized carbons (Fsp3) is 0.786. The summed E-state index contributed by atoms with van der Waals surface area (Å²) < 4.78 is 1.96. The Morgan fingerprint density at radius 2 is 2.39 bits per heavy atom. The van der Waals surface area contributed by atoms with Gasteiger partial charge in [0.15, 0.2) is 0 Å². The molecular weight excluding hydrogens is 224 g/mol. The molecule has 1 saturated carbocycles. The van der Waals surface area contributed by atoms with Crippen LogP contribution in [-0.2, 0) is 6.54 Å². The van der Waals surface area contributed by atoms with Gasteiger partial charge >= 0.3 is 0 Å². The molecule has 1 aromatic heterocycles. The molecule has 0 aliphatic heterocycles. The Balaban J connectivity index is 1.97. The lowest BCUT2D eigenvalue weighted by molar-refractivity contribution is 0.353. The molecule has 0 saturated heterocycles. The van der Waals surface area contributed by atoms with Gasteiger partial charge < -0.3 is 11.1 Å². The van der Waals surface area contributed by atoms with E-state index in [4.69, 9.17) is 5.73 Å². The van der Waals surface area contributed by atoms with E-state index >= 15 is 0 Å². The smallest absolute Gasteiger partial charge is 0.0538 e. The van der Waals surface area contributed by atoms with Gasteiger partial charge in [-0.3, -0.25) is 4.68 Å². The SMILES string of the molecule is CCn1cc(C(CN)NC2CCC(C)(C)C2)cn1. The Hall–Kier alpha value is -0.870. The summed E-state index contributed by atoms with van der Waals surface area (Å²) in [6.07, 6.45) is 7.84. The molecule has 3 N–H and O–H groups in total. The zero-order chi connectivity index (χ0) is 13.2. The van der Waals surface area contributed by atoms with Crippen LogP contribution >= 0.6 is 0 Å². The number of nitrogens with two attached hydrogens (primary N) is 1. The summed E-state index contributed by atoms with van der Waals surface area (Å²) in [5.41, 5.74) is 7.59. The maximum atomic E-state index is 5.90. The first kappa shape index (κ1) is 13.6. The number of aromatic nitrogens is 2. The molecule has 4 heteroatoms. The predicted molar refractivity (Wildman–Crippen MR) is 74.3 cm³/mol. The lowest BCUT2D eigenvalue weighted by Crippen LogP contribution is -2.35. The van der Waals surface area contributed by atoms with Crippen molar-refractivity contribution in [2.24, 2.45) is 11.1 Å². The molecule has 18 heavy (non-hydrogen) atoms. The van der Waals surface area contributed by atoms with Crippen LogP contribution in [0.2, 0.25) is 0 Å². The summed E-state index contributed by atoms with van der Waals surface area (Å²) in [6, 6.07) is 0.836.